The van der Waals surface area contributed by atoms with E-state index in [-0.39, 0.29) is 3.42 Å². The van der Waals surface area contributed by atoms with Crippen molar-refractivity contribution >= 4 is 28.3 Å². The Morgan fingerprint density at radius 1 is 1.64 bits per heavy atom. The van der Waals surface area contributed by atoms with Gasteiger partial charge in [0.25, 0.3) is 0 Å². The van der Waals surface area contributed by atoms with Crippen LogP contribution in [0, 0.1) is 5.92 Å². The van der Waals surface area contributed by atoms with Gasteiger partial charge in [-0.05, 0) is 19.3 Å². The van der Waals surface area contributed by atoms with E-state index < -0.39 is 0 Å². The van der Waals surface area contributed by atoms with Crippen molar-refractivity contribution in [2.24, 2.45) is 10.9 Å². The minimum absolute atomic E-state index is 0.251. The van der Waals surface area contributed by atoms with Gasteiger partial charge in [0.1, 0.15) is 0 Å². The predicted molar refractivity (Wildman–Crippen MR) is 58.5 cm³/mol. The van der Waals surface area contributed by atoms with Crippen molar-refractivity contribution in [3.63, 3.8) is 0 Å². The van der Waals surface area contributed by atoms with Crippen molar-refractivity contribution in [2.75, 3.05) is 0 Å². The lowest BCUT2D eigenvalue weighted by molar-refractivity contribution is 0.767. The van der Waals surface area contributed by atoms with Crippen LogP contribution < -0.4 is 0 Å². The first kappa shape index (κ1) is 9.23. The molecular weight excluding hydrogens is 249 g/mol. The molecule has 0 amide bonds. The van der Waals surface area contributed by atoms with Crippen molar-refractivity contribution in [2.45, 2.75) is 30.6 Å². The van der Waals surface area contributed by atoms with Gasteiger partial charge >= 0.3 is 0 Å². The second kappa shape index (κ2) is 3.25. The van der Waals surface area contributed by atoms with E-state index in [0.29, 0.717) is 5.92 Å². The third-order valence-corrected chi connectivity index (χ3v) is 2.89. The Morgan fingerprint density at radius 3 is 2.64 bits per heavy atom. The monoisotopic (exact) mass is 263 g/mol. The largest absolute Gasteiger partial charge is 0.264 e. The van der Waals surface area contributed by atoms with E-state index in [1.54, 1.807) is 0 Å². The predicted octanol–water partition coefficient (Wildman–Crippen LogP) is 3.19. The molecule has 0 aromatic carbocycles. The molecule has 0 bridgehead atoms. The van der Waals surface area contributed by atoms with Crippen molar-refractivity contribution in [3.05, 3.63) is 12.3 Å². The minimum Gasteiger partial charge on any atom is -0.264 e. The summed E-state index contributed by atoms with van der Waals surface area (Å²) in [4.78, 5) is 4.41. The van der Waals surface area contributed by atoms with Gasteiger partial charge in [-0.2, -0.15) is 0 Å². The maximum atomic E-state index is 4.41. The van der Waals surface area contributed by atoms with Crippen LogP contribution in [0.4, 0.5) is 0 Å². The maximum Gasteiger partial charge on any atom is 0.0612 e. The zero-order valence-corrected chi connectivity index (χ0v) is 9.42. The molecule has 1 aliphatic heterocycles. The van der Waals surface area contributed by atoms with E-state index in [1.807, 2.05) is 6.20 Å². The zero-order valence-electron chi connectivity index (χ0n) is 7.26. The lowest BCUT2D eigenvalue weighted by Crippen LogP contribution is -2.32. The summed E-state index contributed by atoms with van der Waals surface area (Å²) in [5, 5.41) is 0. The Morgan fingerprint density at radius 2 is 2.27 bits per heavy atom. The van der Waals surface area contributed by atoms with Crippen LogP contribution in [-0.2, 0) is 0 Å². The lowest BCUT2D eigenvalue weighted by Gasteiger charge is -2.28. The molecule has 1 nitrogen and oxygen atoms in total. The molecule has 2 heteroatoms. The Balaban J connectivity index is 2.88. The van der Waals surface area contributed by atoms with Gasteiger partial charge < -0.3 is 0 Å². The first-order chi connectivity index (χ1) is 5.04. The molecular formula is C9H14IN. The smallest absolute Gasteiger partial charge is 0.0612 e. The molecule has 1 unspecified atom stereocenters. The SMILES string of the molecule is CC(C)C1=NC=CCC1(C)I. The fourth-order valence-electron chi connectivity index (χ4n) is 1.40. The molecule has 1 atom stereocenters. The van der Waals surface area contributed by atoms with E-state index in [1.165, 1.54) is 5.71 Å². The van der Waals surface area contributed by atoms with Gasteiger partial charge in [-0.15, -0.1) is 0 Å². The highest BCUT2D eigenvalue weighted by molar-refractivity contribution is 14.1. The van der Waals surface area contributed by atoms with E-state index in [0.717, 1.165) is 6.42 Å². The van der Waals surface area contributed by atoms with Crippen molar-refractivity contribution < 1.29 is 0 Å². The summed E-state index contributed by atoms with van der Waals surface area (Å²) in [5.41, 5.74) is 1.32. The number of aliphatic imine (C=N–C) groups is 1. The highest BCUT2D eigenvalue weighted by Crippen LogP contribution is 2.31. The van der Waals surface area contributed by atoms with Gasteiger partial charge in [0.15, 0.2) is 0 Å². The first-order valence-electron chi connectivity index (χ1n) is 3.96. The third-order valence-electron chi connectivity index (χ3n) is 1.90. The molecule has 1 rings (SSSR count). The minimum atomic E-state index is 0.251. The van der Waals surface area contributed by atoms with Crippen LogP contribution >= 0.6 is 22.6 Å². The standard InChI is InChI=1S/C9H14IN/c1-7(2)8-9(3,10)5-4-6-11-8/h4,6-7H,5H2,1-3H3. The van der Waals surface area contributed by atoms with E-state index in [9.17, 15) is 0 Å². The number of hydrogen-bond acceptors (Lipinski definition) is 1. The fraction of sp³-hybridized carbons (Fsp3) is 0.667. The van der Waals surface area contributed by atoms with Crippen LogP contribution in [0.5, 0.6) is 0 Å². The maximum absolute atomic E-state index is 4.41. The van der Waals surface area contributed by atoms with Crippen molar-refractivity contribution in [1.82, 2.24) is 0 Å². The van der Waals surface area contributed by atoms with Gasteiger partial charge in [0.2, 0.25) is 0 Å². The van der Waals surface area contributed by atoms with Crippen LogP contribution in [0.15, 0.2) is 17.3 Å². The van der Waals surface area contributed by atoms with Crippen LogP contribution in [0.25, 0.3) is 0 Å². The molecule has 0 N–H and O–H groups in total. The Hall–Kier alpha value is 0.140. The molecule has 0 radical (unpaired) electrons. The van der Waals surface area contributed by atoms with Gasteiger partial charge in [-0.1, -0.05) is 42.5 Å². The van der Waals surface area contributed by atoms with Gasteiger partial charge in [0.05, 0.1) is 3.42 Å². The summed E-state index contributed by atoms with van der Waals surface area (Å²) in [7, 11) is 0. The summed E-state index contributed by atoms with van der Waals surface area (Å²) in [6.07, 6.45) is 5.18. The molecule has 0 aromatic rings. The normalized spacial score (nSPS) is 30.8. The molecule has 62 valence electrons. The molecule has 1 aliphatic rings. The summed E-state index contributed by atoms with van der Waals surface area (Å²) < 4.78 is 0.251. The van der Waals surface area contributed by atoms with Crippen molar-refractivity contribution in [1.29, 1.82) is 0 Å². The summed E-state index contributed by atoms with van der Waals surface area (Å²) in [6.45, 7) is 6.65. The second-order valence-electron chi connectivity index (χ2n) is 3.46. The highest BCUT2D eigenvalue weighted by atomic mass is 127. The highest BCUT2D eigenvalue weighted by Gasteiger charge is 2.29. The number of allylic oxidation sites excluding steroid dienone is 1. The van der Waals surface area contributed by atoms with E-state index in [4.69, 9.17) is 0 Å². The van der Waals surface area contributed by atoms with Crippen LogP contribution in [0.3, 0.4) is 0 Å². The van der Waals surface area contributed by atoms with Crippen LogP contribution in [0.1, 0.15) is 27.2 Å². The Bertz CT molecular complexity index is 202. The quantitative estimate of drug-likeness (QED) is 0.509. The number of hydrogen-bond donors (Lipinski definition) is 0. The van der Waals surface area contributed by atoms with Gasteiger partial charge in [0, 0.05) is 11.9 Å². The number of halogens is 1. The summed E-state index contributed by atoms with van der Waals surface area (Å²) >= 11 is 2.49. The topological polar surface area (TPSA) is 12.4 Å². The molecule has 0 spiro atoms. The summed E-state index contributed by atoms with van der Waals surface area (Å²) in [5.74, 6) is 0.571. The fourth-order valence-corrected chi connectivity index (χ4v) is 2.41. The van der Waals surface area contributed by atoms with Crippen LogP contribution in [-0.4, -0.2) is 9.13 Å². The number of rotatable bonds is 1. The Kier molecular flexibility index (Phi) is 2.73. The molecule has 0 aromatic heterocycles. The molecule has 0 saturated carbocycles. The van der Waals surface area contributed by atoms with E-state index in [2.05, 4.69) is 54.4 Å². The van der Waals surface area contributed by atoms with Gasteiger partial charge in [-0.25, -0.2) is 0 Å². The van der Waals surface area contributed by atoms with E-state index >= 15 is 0 Å². The third kappa shape index (κ3) is 2.04. The first-order valence-corrected chi connectivity index (χ1v) is 5.04. The summed E-state index contributed by atoms with van der Waals surface area (Å²) in [6, 6.07) is 0. The zero-order chi connectivity index (χ0) is 8.48. The average molecular weight is 263 g/mol. The number of alkyl halides is 1. The molecule has 1 heterocycles. The molecule has 0 aliphatic carbocycles. The second-order valence-corrected chi connectivity index (χ2v) is 5.84. The Labute approximate surface area is 82.1 Å². The average Bonchev–Trinajstić information content (AvgIpc) is 1.85. The lowest BCUT2D eigenvalue weighted by atomic mass is 9.91. The molecule has 0 saturated heterocycles. The van der Waals surface area contributed by atoms with Crippen LogP contribution in [0.2, 0.25) is 0 Å². The number of nitrogens with zero attached hydrogens (tertiary/aromatic N) is 1. The molecule has 0 fully saturated rings. The van der Waals surface area contributed by atoms with Gasteiger partial charge in [-0.3, -0.25) is 4.99 Å². The van der Waals surface area contributed by atoms with Crippen molar-refractivity contribution in [3.8, 4) is 0 Å². The molecule has 11 heavy (non-hydrogen) atoms.